The standard InChI is InChI=1S/C25H24N4O2S/c1-2-31-20-9-7-17(8-10-20)23-15-29-19(16-32-25(29)28-23)13-24(30)26-12-11-18-14-27-22-6-4-3-5-21(18)22/h3-10,14-16,27H,2,11-13H2,1H3,(H,26,30). The van der Waals surface area contributed by atoms with Gasteiger partial charge in [0.05, 0.1) is 18.7 Å². The molecular formula is C25H24N4O2S. The van der Waals surface area contributed by atoms with Gasteiger partial charge in [0.15, 0.2) is 4.96 Å². The van der Waals surface area contributed by atoms with E-state index in [4.69, 9.17) is 9.72 Å². The van der Waals surface area contributed by atoms with Gasteiger partial charge in [-0.3, -0.25) is 9.20 Å². The van der Waals surface area contributed by atoms with Crippen LogP contribution in [0.4, 0.5) is 0 Å². The van der Waals surface area contributed by atoms with Gasteiger partial charge >= 0.3 is 0 Å². The molecular weight excluding hydrogens is 420 g/mol. The van der Waals surface area contributed by atoms with Crippen LogP contribution in [0, 0.1) is 0 Å². The number of fused-ring (bicyclic) bond motifs is 2. The molecule has 32 heavy (non-hydrogen) atoms. The van der Waals surface area contributed by atoms with Crippen molar-refractivity contribution in [3.63, 3.8) is 0 Å². The average Bonchev–Trinajstić information content (AvgIpc) is 3.51. The van der Waals surface area contributed by atoms with Crippen molar-refractivity contribution < 1.29 is 9.53 Å². The smallest absolute Gasteiger partial charge is 0.225 e. The van der Waals surface area contributed by atoms with Gasteiger partial charge in [0.2, 0.25) is 5.91 Å². The van der Waals surface area contributed by atoms with Crippen LogP contribution in [0.3, 0.4) is 0 Å². The van der Waals surface area contributed by atoms with Crippen LogP contribution in [0.2, 0.25) is 0 Å². The summed E-state index contributed by atoms with van der Waals surface area (Å²) in [5.41, 5.74) is 5.20. The first-order valence-corrected chi connectivity index (χ1v) is 11.6. The summed E-state index contributed by atoms with van der Waals surface area (Å²) in [5.74, 6) is 0.864. The predicted octanol–water partition coefficient (Wildman–Crippen LogP) is 4.84. The molecule has 2 N–H and O–H groups in total. The molecule has 0 aliphatic heterocycles. The molecule has 0 aliphatic rings. The molecule has 0 saturated carbocycles. The van der Waals surface area contributed by atoms with Crippen LogP contribution in [0.5, 0.6) is 5.75 Å². The number of amides is 1. The molecule has 0 aliphatic carbocycles. The van der Waals surface area contributed by atoms with E-state index < -0.39 is 0 Å². The lowest BCUT2D eigenvalue weighted by Crippen LogP contribution is -2.27. The normalized spacial score (nSPS) is 11.3. The maximum absolute atomic E-state index is 12.6. The average molecular weight is 445 g/mol. The number of imidazole rings is 1. The molecule has 0 unspecified atom stereocenters. The second-order valence-corrected chi connectivity index (χ2v) is 8.44. The zero-order valence-electron chi connectivity index (χ0n) is 17.8. The Balaban J connectivity index is 1.22. The maximum atomic E-state index is 12.6. The Bertz CT molecular complexity index is 1360. The summed E-state index contributed by atoms with van der Waals surface area (Å²) in [4.78, 5) is 21.4. The molecule has 7 heteroatoms. The number of ether oxygens (including phenoxy) is 1. The van der Waals surface area contributed by atoms with E-state index in [0.717, 1.165) is 39.6 Å². The van der Waals surface area contributed by atoms with Crippen molar-refractivity contribution >= 4 is 33.1 Å². The fourth-order valence-corrected chi connectivity index (χ4v) is 4.76. The van der Waals surface area contributed by atoms with Crippen molar-refractivity contribution in [1.29, 1.82) is 0 Å². The molecule has 0 fully saturated rings. The van der Waals surface area contributed by atoms with E-state index in [2.05, 4.69) is 22.4 Å². The lowest BCUT2D eigenvalue weighted by molar-refractivity contribution is -0.120. The van der Waals surface area contributed by atoms with Crippen molar-refractivity contribution in [2.75, 3.05) is 13.2 Å². The Morgan fingerprint density at radius 3 is 2.88 bits per heavy atom. The quantitative estimate of drug-likeness (QED) is 0.360. The Morgan fingerprint density at radius 1 is 1.19 bits per heavy atom. The summed E-state index contributed by atoms with van der Waals surface area (Å²) < 4.78 is 7.52. The number of rotatable bonds is 8. The molecule has 162 valence electrons. The van der Waals surface area contributed by atoms with Gasteiger partial charge in [-0.25, -0.2) is 4.98 Å². The molecule has 0 radical (unpaired) electrons. The number of H-pyrrole nitrogens is 1. The minimum absolute atomic E-state index is 0.0147. The van der Waals surface area contributed by atoms with Crippen molar-refractivity contribution in [3.8, 4) is 17.0 Å². The van der Waals surface area contributed by atoms with Gasteiger partial charge in [0.25, 0.3) is 0 Å². The molecule has 0 spiro atoms. The number of hydrogen-bond acceptors (Lipinski definition) is 4. The van der Waals surface area contributed by atoms with E-state index in [1.54, 1.807) is 11.3 Å². The predicted molar refractivity (Wildman–Crippen MR) is 128 cm³/mol. The van der Waals surface area contributed by atoms with Crippen LogP contribution in [-0.4, -0.2) is 33.4 Å². The second-order valence-electron chi connectivity index (χ2n) is 7.60. The highest BCUT2D eigenvalue weighted by atomic mass is 32.1. The summed E-state index contributed by atoms with van der Waals surface area (Å²) >= 11 is 1.55. The summed E-state index contributed by atoms with van der Waals surface area (Å²) in [7, 11) is 0. The topological polar surface area (TPSA) is 71.4 Å². The van der Waals surface area contributed by atoms with Crippen LogP contribution in [0.15, 0.2) is 66.3 Å². The number of para-hydroxylation sites is 1. The number of hydrogen-bond donors (Lipinski definition) is 2. The number of aromatic nitrogens is 3. The monoisotopic (exact) mass is 444 g/mol. The zero-order chi connectivity index (χ0) is 21.9. The number of carbonyl (C=O) groups excluding carboxylic acids is 1. The lowest BCUT2D eigenvalue weighted by Gasteiger charge is -2.05. The van der Waals surface area contributed by atoms with Crippen LogP contribution >= 0.6 is 11.3 Å². The Labute approximate surface area is 189 Å². The highest BCUT2D eigenvalue weighted by Gasteiger charge is 2.13. The minimum atomic E-state index is 0.0147. The Morgan fingerprint density at radius 2 is 2.03 bits per heavy atom. The Hall–Kier alpha value is -3.58. The summed E-state index contributed by atoms with van der Waals surface area (Å²) in [6.07, 6.45) is 5.14. The molecule has 0 bridgehead atoms. The van der Waals surface area contributed by atoms with Crippen molar-refractivity contribution in [1.82, 2.24) is 19.7 Å². The summed E-state index contributed by atoms with van der Waals surface area (Å²) in [6, 6.07) is 16.1. The number of thiazole rings is 1. The zero-order valence-corrected chi connectivity index (χ0v) is 18.6. The van der Waals surface area contributed by atoms with Gasteiger partial charge in [0.1, 0.15) is 5.75 Å². The first kappa shape index (κ1) is 20.3. The minimum Gasteiger partial charge on any atom is -0.494 e. The SMILES string of the molecule is CCOc1ccc(-c2cn3c(CC(=O)NCCc4c[nH]c5ccccc45)csc3n2)cc1. The van der Waals surface area contributed by atoms with E-state index in [9.17, 15) is 4.79 Å². The number of nitrogens with one attached hydrogen (secondary N) is 2. The van der Waals surface area contributed by atoms with Crippen LogP contribution in [0.25, 0.3) is 27.1 Å². The summed E-state index contributed by atoms with van der Waals surface area (Å²) in [6.45, 7) is 3.22. The van der Waals surface area contributed by atoms with Crippen molar-refractivity contribution in [2.24, 2.45) is 0 Å². The largest absolute Gasteiger partial charge is 0.494 e. The van der Waals surface area contributed by atoms with Gasteiger partial charge in [-0.2, -0.15) is 0 Å². The van der Waals surface area contributed by atoms with Crippen LogP contribution in [0.1, 0.15) is 18.2 Å². The molecule has 5 aromatic rings. The van der Waals surface area contributed by atoms with Crippen molar-refractivity contribution in [3.05, 3.63) is 77.6 Å². The van der Waals surface area contributed by atoms with E-state index >= 15 is 0 Å². The van der Waals surface area contributed by atoms with Crippen molar-refractivity contribution in [2.45, 2.75) is 19.8 Å². The maximum Gasteiger partial charge on any atom is 0.225 e. The molecule has 3 aromatic heterocycles. The van der Waals surface area contributed by atoms with Gasteiger partial charge in [-0.15, -0.1) is 11.3 Å². The Kier molecular flexibility index (Phi) is 5.64. The fraction of sp³-hybridized carbons (Fsp3) is 0.200. The van der Waals surface area contributed by atoms with E-state index in [1.807, 2.05) is 65.5 Å². The van der Waals surface area contributed by atoms with E-state index in [0.29, 0.717) is 19.6 Å². The number of aromatic amines is 1. The highest BCUT2D eigenvalue weighted by Crippen LogP contribution is 2.25. The third kappa shape index (κ3) is 4.11. The molecule has 0 saturated heterocycles. The summed E-state index contributed by atoms with van der Waals surface area (Å²) in [5, 5.41) is 6.26. The second kappa shape index (κ2) is 8.88. The fourth-order valence-electron chi connectivity index (χ4n) is 3.89. The van der Waals surface area contributed by atoms with Gasteiger partial charge in [0, 0.05) is 46.5 Å². The first-order valence-electron chi connectivity index (χ1n) is 10.7. The first-order chi connectivity index (χ1) is 15.7. The molecule has 1 amide bonds. The third-order valence-corrected chi connectivity index (χ3v) is 6.37. The molecule has 0 atom stereocenters. The number of carbonyl (C=O) groups is 1. The van der Waals surface area contributed by atoms with Gasteiger partial charge in [-0.1, -0.05) is 18.2 Å². The van der Waals surface area contributed by atoms with E-state index in [1.165, 1.54) is 10.9 Å². The number of benzene rings is 2. The van der Waals surface area contributed by atoms with E-state index in [-0.39, 0.29) is 5.91 Å². The molecule has 5 rings (SSSR count). The molecule has 6 nitrogen and oxygen atoms in total. The molecule has 3 heterocycles. The lowest BCUT2D eigenvalue weighted by atomic mass is 10.1. The number of nitrogens with zero attached hydrogens (tertiary/aromatic N) is 2. The highest BCUT2D eigenvalue weighted by molar-refractivity contribution is 7.15. The molecule has 2 aromatic carbocycles. The van der Waals surface area contributed by atoms with Gasteiger partial charge in [-0.05, 0) is 49.2 Å². The van der Waals surface area contributed by atoms with Gasteiger partial charge < -0.3 is 15.0 Å². The van der Waals surface area contributed by atoms with Crippen LogP contribution < -0.4 is 10.1 Å². The van der Waals surface area contributed by atoms with Crippen LogP contribution in [-0.2, 0) is 17.6 Å². The third-order valence-electron chi connectivity index (χ3n) is 5.48.